The number of carbonyl (C=O) groups excluding carboxylic acids is 1. The van der Waals surface area contributed by atoms with Crippen LogP contribution in [0.2, 0.25) is 0 Å². The maximum Gasteiger partial charge on any atom is 0.224 e. The van der Waals surface area contributed by atoms with Crippen molar-refractivity contribution >= 4 is 11.6 Å². The minimum absolute atomic E-state index is 0.0615. The third-order valence-electron chi connectivity index (χ3n) is 3.07. The van der Waals surface area contributed by atoms with Crippen molar-refractivity contribution in [2.45, 2.75) is 12.8 Å². The van der Waals surface area contributed by atoms with Gasteiger partial charge in [0, 0.05) is 12.5 Å². The number of halogens is 1. The molecule has 5 heteroatoms. The van der Waals surface area contributed by atoms with Crippen molar-refractivity contribution < 1.29 is 13.9 Å². The lowest BCUT2D eigenvalue weighted by atomic mass is 10.0. The SMILES string of the molecule is COc1cc(F)ccc1NC(=O)CC1CCNC1. The summed E-state index contributed by atoms with van der Waals surface area (Å²) in [4.78, 5) is 11.8. The van der Waals surface area contributed by atoms with E-state index < -0.39 is 0 Å². The van der Waals surface area contributed by atoms with Crippen molar-refractivity contribution in [3.05, 3.63) is 24.0 Å². The Hall–Kier alpha value is -1.62. The van der Waals surface area contributed by atoms with Gasteiger partial charge in [-0.3, -0.25) is 4.79 Å². The molecule has 0 bridgehead atoms. The minimum Gasteiger partial charge on any atom is -0.494 e. The fraction of sp³-hybridized carbons (Fsp3) is 0.462. The van der Waals surface area contributed by atoms with Crippen LogP contribution in [0, 0.1) is 11.7 Å². The predicted octanol–water partition coefficient (Wildman–Crippen LogP) is 1.77. The highest BCUT2D eigenvalue weighted by Crippen LogP contribution is 2.25. The van der Waals surface area contributed by atoms with Gasteiger partial charge in [0.2, 0.25) is 5.91 Å². The molecule has 2 rings (SSSR count). The molecule has 1 aromatic carbocycles. The third-order valence-corrected chi connectivity index (χ3v) is 3.07. The van der Waals surface area contributed by atoms with Crippen molar-refractivity contribution in [1.82, 2.24) is 5.32 Å². The van der Waals surface area contributed by atoms with Gasteiger partial charge in [0.25, 0.3) is 0 Å². The Morgan fingerprint density at radius 2 is 2.44 bits per heavy atom. The summed E-state index contributed by atoms with van der Waals surface area (Å²) in [5.74, 6) is 0.280. The maximum atomic E-state index is 13.0. The van der Waals surface area contributed by atoms with E-state index in [9.17, 15) is 9.18 Å². The van der Waals surface area contributed by atoms with E-state index in [1.807, 2.05) is 0 Å². The monoisotopic (exact) mass is 252 g/mol. The zero-order valence-corrected chi connectivity index (χ0v) is 10.3. The molecule has 98 valence electrons. The molecular formula is C13H17FN2O2. The number of hydrogen-bond donors (Lipinski definition) is 2. The van der Waals surface area contributed by atoms with Crippen LogP contribution in [0.5, 0.6) is 5.75 Å². The summed E-state index contributed by atoms with van der Waals surface area (Å²) in [6, 6.07) is 4.07. The molecule has 1 amide bonds. The number of rotatable bonds is 4. The first-order valence-corrected chi connectivity index (χ1v) is 6.03. The van der Waals surface area contributed by atoms with Crippen LogP contribution in [0.3, 0.4) is 0 Å². The number of amides is 1. The standard InChI is InChI=1S/C13H17FN2O2/c1-18-12-7-10(14)2-3-11(12)16-13(17)6-9-4-5-15-8-9/h2-3,7,9,15H,4-6,8H2,1H3,(H,16,17). The average molecular weight is 252 g/mol. The second kappa shape index (κ2) is 5.82. The van der Waals surface area contributed by atoms with Crippen molar-refractivity contribution in [3.63, 3.8) is 0 Å². The number of carbonyl (C=O) groups is 1. The zero-order valence-electron chi connectivity index (χ0n) is 10.3. The van der Waals surface area contributed by atoms with Gasteiger partial charge >= 0.3 is 0 Å². The highest BCUT2D eigenvalue weighted by molar-refractivity contribution is 5.92. The van der Waals surface area contributed by atoms with Crippen LogP contribution in [0.15, 0.2) is 18.2 Å². The van der Waals surface area contributed by atoms with E-state index in [4.69, 9.17) is 4.74 Å². The lowest BCUT2D eigenvalue weighted by Gasteiger charge is -2.12. The van der Waals surface area contributed by atoms with Gasteiger partial charge in [-0.2, -0.15) is 0 Å². The summed E-state index contributed by atoms with van der Waals surface area (Å²) in [5, 5.41) is 5.97. The number of hydrogen-bond acceptors (Lipinski definition) is 3. The van der Waals surface area contributed by atoms with Gasteiger partial charge in [0.15, 0.2) is 0 Å². The topological polar surface area (TPSA) is 50.4 Å². The van der Waals surface area contributed by atoms with Crippen LogP contribution in [0.1, 0.15) is 12.8 Å². The van der Waals surface area contributed by atoms with Crippen molar-refractivity contribution in [1.29, 1.82) is 0 Å². The fourth-order valence-electron chi connectivity index (χ4n) is 2.12. The molecule has 18 heavy (non-hydrogen) atoms. The van der Waals surface area contributed by atoms with Crippen molar-refractivity contribution in [3.8, 4) is 5.75 Å². The number of ether oxygens (including phenoxy) is 1. The molecule has 1 atom stereocenters. The van der Waals surface area contributed by atoms with Gasteiger partial charge in [-0.05, 0) is 37.6 Å². The quantitative estimate of drug-likeness (QED) is 0.858. The molecule has 1 fully saturated rings. The second-order valence-electron chi connectivity index (χ2n) is 4.46. The van der Waals surface area contributed by atoms with Gasteiger partial charge in [-0.25, -0.2) is 4.39 Å². The van der Waals surface area contributed by atoms with E-state index in [0.29, 0.717) is 23.8 Å². The van der Waals surface area contributed by atoms with Gasteiger partial charge in [0.05, 0.1) is 12.8 Å². The second-order valence-corrected chi connectivity index (χ2v) is 4.46. The molecule has 0 aliphatic carbocycles. The number of methoxy groups -OCH3 is 1. The Balaban J connectivity index is 1.97. The van der Waals surface area contributed by atoms with Gasteiger partial charge in [-0.1, -0.05) is 0 Å². The predicted molar refractivity (Wildman–Crippen MR) is 67.2 cm³/mol. The summed E-state index contributed by atoms with van der Waals surface area (Å²) in [7, 11) is 1.45. The number of anilines is 1. The molecule has 1 aliphatic heterocycles. The molecule has 0 radical (unpaired) electrons. The molecule has 0 aromatic heterocycles. The van der Waals surface area contributed by atoms with E-state index in [1.165, 1.54) is 25.3 Å². The van der Waals surface area contributed by atoms with Crippen LogP contribution < -0.4 is 15.4 Å². The molecule has 2 N–H and O–H groups in total. The van der Waals surface area contributed by atoms with E-state index in [-0.39, 0.29) is 11.7 Å². The molecule has 1 aliphatic rings. The lowest BCUT2D eigenvalue weighted by molar-refractivity contribution is -0.117. The first kappa shape index (κ1) is 12.8. The van der Waals surface area contributed by atoms with E-state index in [2.05, 4.69) is 10.6 Å². The van der Waals surface area contributed by atoms with Gasteiger partial charge in [-0.15, -0.1) is 0 Å². The largest absolute Gasteiger partial charge is 0.494 e. The van der Waals surface area contributed by atoms with Crippen molar-refractivity contribution in [2.75, 3.05) is 25.5 Å². The Bertz CT molecular complexity index is 431. The Morgan fingerprint density at radius 3 is 3.11 bits per heavy atom. The highest BCUT2D eigenvalue weighted by atomic mass is 19.1. The van der Waals surface area contributed by atoms with Crippen LogP contribution in [0.25, 0.3) is 0 Å². The first-order chi connectivity index (χ1) is 8.69. The third kappa shape index (κ3) is 3.20. The summed E-state index contributed by atoms with van der Waals surface area (Å²) in [6.45, 7) is 1.85. The highest BCUT2D eigenvalue weighted by Gasteiger charge is 2.18. The zero-order chi connectivity index (χ0) is 13.0. The fourth-order valence-corrected chi connectivity index (χ4v) is 2.12. The number of benzene rings is 1. The Kier molecular flexibility index (Phi) is 4.15. The molecule has 0 saturated carbocycles. The molecule has 1 unspecified atom stereocenters. The van der Waals surface area contributed by atoms with Crippen LogP contribution in [-0.2, 0) is 4.79 Å². The van der Waals surface area contributed by atoms with Crippen LogP contribution in [0.4, 0.5) is 10.1 Å². The summed E-state index contributed by atoms with van der Waals surface area (Å²) in [5.41, 5.74) is 0.509. The van der Waals surface area contributed by atoms with E-state index in [1.54, 1.807) is 0 Å². The van der Waals surface area contributed by atoms with E-state index >= 15 is 0 Å². The number of nitrogens with one attached hydrogen (secondary N) is 2. The van der Waals surface area contributed by atoms with Crippen molar-refractivity contribution in [2.24, 2.45) is 5.92 Å². The van der Waals surface area contributed by atoms with Crippen LogP contribution in [-0.4, -0.2) is 26.1 Å². The van der Waals surface area contributed by atoms with Gasteiger partial charge < -0.3 is 15.4 Å². The molecule has 1 saturated heterocycles. The summed E-state index contributed by atoms with van der Waals surface area (Å²) >= 11 is 0. The molecule has 1 heterocycles. The summed E-state index contributed by atoms with van der Waals surface area (Å²) < 4.78 is 18.0. The van der Waals surface area contributed by atoms with Crippen LogP contribution >= 0.6 is 0 Å². The minimum atomic E-state index is -0.384. The summed E-state index contributed by atoms with van der Waals surface area (Å²) in [6.07, 6.45) is 1.50. The Labute approximate surface area is 106 Å². The normalized spacial score (nSPS) is 18.7. The average Bonchev–Trinajstić information content (AvgIpc) is 2.84. The molecule has 0 spiro atoms. The lowest BCUT2D eigenvalue weighted by Crippen LogP contribution is -2.18. The molecular weight excluding hydrogens is 235 g/mol. The molecule has 1 aromatic rings. The van der Waals surface area contributed by atoms with Gasteiger partial charge in [0.1, 0.15) is 11.6 Å². The maximum absolute atomic E-state index is 13.0. The molecule has 4 nitrogen and oxygen atoms in total. The first-order valence-electron chi connectivity index (χ1n) is 6.03. The smallest absolute Gasteiger partial charge is 0.224 e. The van der Waals surface area contributed by atoms with E-state index in [0.717, 1.165) is 19.5 Å². The Morgan fingerprint density at radius 1 is 1.61 bits per heavy atom.